The molecule has 0 radical (unpaired) electrons. The molecule has 0 unspecified atom stereocenters. The van der Waals surface area contributed by atoms with E-state index in [4.69, 9.17) is 0 Å². The minimum atomic E-state index is -3.64. The largest absolute Gasteiger partial charge is 0.317 e. The lowest BCUT2D eigenvalue weighted by atomic mass is 10.5. The molecule has 0 bridgehead atoms. The summed E-state index contributed by atoms with van der Waals surface area (Å²) in [5.74, 6) is 0. The zero-order valence-electron chi connectivity index (χ0n) is 4.75. The molecule has 4 nitrogen and oxygen atoms in total. The molecule has 0 aliphatic heterocycles. The zero-order valence-corrected chi connectivity index (χ0v) is 5.57. The van der Waals surface area contributed by atoms with Crippen LogP contribution in [0.5, 0.6) is 0 Å². The fraction of sp³-hybridized carbons (Fsp3) is 0.667. The molecule has 5 heteroatoms. The van der Waals surface area contributed by atoms with Gasteiger partial charge in [-0.15, -0.1) is 0 Å². The Bertz CT molecular complexity index is 187. The summed E-state index contributed by atoms with van der Waals surface area (Å²) in [4.78, 5) is 0. The van der Waals surface area contributed by atoms with Gasteiger partial charge in [0.05, 0.1) is 0 Å². The zero-order chi connectivity index (χ0) is 6.78. The van der Waals surface area contributed by atoms with Crippen LogP contribution < -0.4 is 5.14 Å². The first-order valence-electron chi connectivity index (χ1n) is 1.98. The Labute approximate surface area is 48.6 Å². The third-order valence-corrected chi connectivity index (χ3v) is 0.929. The molecule has 0 atom stereocenters. The lowest BCUT2D eigenvalue weighted by Gasteiger charge is -1.85. The summed E-state index contributed by atoms with van der Waals surface area (Å²) < 4.78 is 23.1. The number of hydrogen-bond donors (Lipinski definition) is 1. The van der Waals surface area contributed by atoms with Crippen LogP contribution in [0.4, 0.5) is 0 Å². The minimum absolute atomic E-state index is 0.438. The maximum absolute atomic E-state index is 10.0. The highest BCUT2D eigenvalue weighted by molar-refractivity contribution is 7.88. The fourth-order valence-corrected chi connectivity index (χ4v) is 0.763. The van der Waals surface area contributed by atoms with E-state index in [0.717, 1.165) is 0 Å². The summed E-state index contributed by atoms with van der Waals surface area (Å²) in [7, 11) is -3.64. The number of hydrogen-bond acceptors (Lipinski definition) is 2. The maximum atomic E-state index is 10.0. The first kappa shape index (κ1) is 7.58. The monoisotopic (exact) mass is 136 g/mol. The average Bonchev–Trinajstić information content (AvgIpc) is 1.21. The molecule has 0 heterocycles. The van der Waals surface area contributed by atoms with Crippen molar-refractivity contribution in [2.45, 2.75) is 13.8 Å². The van der Waals surface area contributed by atoms with E-state index in [2.05, 4.69) is 9.54 Å². The second-order valence-corrected chi connectivity index (χ2v) is 2.77. The van der Waals surface area contributed by atoms with E-state index in [1.807, 2.05) is 0 Å². The summed E-state index contributed by atoms with van der Waals surface area (Å²) in [6, 6.07) is 0. The van der Waals surface area contributed by atoms with Crippen molar-refractivity contribution in [3.05, 3.63) is 0 Å². The normalized spacial score (nSPS) is 10.9. The van der Waals surface area contributed by atoms with Crippen molar-refractivity contribution in [3.8, 4) is 0 Å². The van der Waals surface area contributed by atoms with Crippen molar-refractivity contribution in [1.29, 1.82) is 0 Å². The van der Waals surface area contributed by atoms with Gasteiger partial charge in [0, 0.05) is 5.71 Å². The van der Waals surface area contributed by atoms with Gasteiger partial charge in [0.2, 0.25) is 0 Å². The lowest BCUT2D eigenvalue weighted by Crippen LogP contribution is -2.09. The van der Waals surface area contributed by atoms with Gasteiger partial charge >= 0.3 is 10.2 Å². The molecule has 8 heavy (non-hydrogen) atoms. The Morgan fingerprint density at radius 3 is 1.88 bits per heavy atom. The second kappa shape index (κ2) is 2.23. The van der Waals surface area contributed by atoms with E-state index in [0.29, 0.717) is 5.71 Å². The van der Waals surface area contributed by atoms with E-state index >= 15 is 0 Å². The molecule has 0 aliphatic carbocycles. The van der Waals surface area contributed by atoms with E-state index in [9.17, 15) is 8.42 Å². The maximum Gasteiger partial charge on any atom is 0.317 e. The second-order valence-electron chi connectivity index (χ2n) is 1.55. The van der Waals surface area contributed by atoms with Crippen LogP contribution in [0.15, 0.2) is 4.40 Å². The lowest BCUT2D eigenvalue weighted by molar-refractivity contribution is 0.599. The van der Waals surface area contributed by atoms with Gasteiger partial charge in [-0.2, -0.15) is 12.8 Å². The van der Waals surface area contributed by atoms with Crippen LogP contribution >= 0.6 is 0 Å². The van der Waals surface area contributed by atoms with Crippen LogP contribution in [-0.4, -0.2) is 14.1 Å². The van der Waals surface area contributed by atoms with Crippen molar-refractivity contribution in [2.24, 2.45) is 9.54 Å². The molecule has 48 valence electrons. The van der Waals surface area contributed by atoms with Crippen LogP contribution in [0.3, 0.4) is 0 Å². The Morgan fingerprint density at radius 2 is 1.88 bits per heavy atom. The molecule has 0 aromatic carbocycles. The summed E-state index contributed by atoms with van der Waals surface area (Å²) in [6.07, 6.45) is 0. The van der Waals surface area contributed by atoms with E-state index in [1.165, 1.54) is 0 Å². The van der Waals surface area contributed by atoms with E-state index in [1.54, 1.807) is 13.8 Å². The van der Waals surface area contributed by atoms with Crippen LogP contribution in [0.1, 0.15) is 13.8 Å². The van der Waals surface area contributed by atoms with Gasteiger partial charge in [0.1, 0.15) is 0 Å². The molecule has 0 fully saturated rings. The van der Waals surface area contributed by atoms with Crippen LogP contribution in [-0.2, 0) is 10.2 Å². The van der Waals surface area contributed by atoms with Crippen LogP contribution in [0.25, 0.3) is 0 Å². The van der Waals surface area contributed by atoms with Gasteiger partial charge in [0.15, 0.2) is 0 Å². The van der Waals surface area contributed by atoms with Gasteiger partial charge in [-0.05, 0) is 13.8 Å². The predicted octanol–water partition coefficient (Wildman–Crippen LogP) is -0.329. The minimum Gasteiger partial charge on any atom is -0.210 e. The number of nitrogens with zero attached hydrogens (tertiary/aromatic N) is 1. The topological polar surface area (TPSA) is 72.5 Å². The van der Waals surface area contributed by atoms with Crippen molar-refractivity contribution < 1.29 is 8.42 Å². The Balaban J connectivity index is 4.36. The van der Waals surface area contributed by atoms with Crippen molar-refractivity contribution in [1.82, 2.24) is 0 Å². The molecule has 2 N–H and O–H groups in total. The quantitative estimate of drug-likeness (QED) is 0.501. The van der Waals surface area contributed by atoms with Crippen molar-refractivity contribution >= 4 is 15.9 Å². The smallest absolute Gasteiger partial charge is 0.210 e. The summed E-state index contributed by atoms with van der Waals surface area (Å²) in [5.41, 5.74) is 0.438. The molecular weight excluding hydrogens is 128 g/mol. The molecule has 0 spiro atoms. The van der Waals surface area contributed by atoms with Crippen LogP contribution in [0.2, 0.25) is 0 Å². The standard InChI is InChI=1S/C3H8N2O2S/c1-3(2)5-8(4,6)7/h1-2H3,(H2,4,6,7). The first-order valence-corrected chi connectivity index (χ1v) is 3.48. The van der Waals surface area contributed by atoms with E-state index in [-0.39, 0.29) is 0 Å². The Morgan fingerprint density at radius 1 is 1.50 bits per heavy atom. The summed E-state index contributed by atoms with van der Waals surface area (Å²) >= 11 is 0. The number of rotatable bonds is 1. The predicted molar refractivity (Wildman–Crippen MR) is 31.9 cm³/mol. The van der Waals surface area contributed by atoms with Gasteiger partial charge in [-0.1, -0.05) is 0 Å². The highest BCUT2D eigenvalue weighted by atomic mass is 32.2. The van der Waals surface area contributed by atoms with Crippen LogP contribution in [0, 0.1) is 0 Å². The highest BCUT2D eigenvalue weighted by Gasteiger charge is 1.93. The van der Waals surface area contributed by atoms with Crippen molar-refractivity contribution in [3.63, 3.8) is 0 Å². The highest BCUT2D eigenvalue weighted by Crippen LogP contribution is 1.80. The molecular formula is C3H8N2O2S. The number of nitrogens with two attached hydrogens (primary N) is 1. The molecule has 0 saturated heterocycles. The molecule has 0 rings (SSSR count). The average molecular weight is 136 g/mol. The molecule has 0 amide bonds. The Kier molecular flexibility index (Phi) is 2.12. The van der Waals surface area contributed by atoms with Gasteiger partial charge in [0.25, 0.3) is 0 Å². The molecule has 0 aliphatic rings. The molecule has 0 aromatic heterocycles. The summed E-state index contributed by atoms with van der Waals surface area (Å²) in [6.45, 7) is 3.12. The third kappa shape index (κ3) is 5.58. The Hall–Kier alpha value is -0.420. The van der Waals surface area contributed by atoms with Gasteiger partial charge < -0.3 is 0 Å². The van der Waals surface area contributed by atoms with Gasteiger partial charge in [-0.25, -0.2) is 5.14 Å². The van der Waals surface area contributed by atoms with Crippen molar-refractivity contribution in [2.75, 3.05) is 0 Å². The summed E-state index contributed by atoms with van der Waals surface area (Å²) in [5, 5.41) is 4.52. The van der Waals surface area contributed by atoms with E-state index < -0.39 is 10.2 Å². The van der Waals surface area contributed by atoms with Gasteiger partial charge in [-0.3, -0.25) is 0 Å². The molecule has 0 aromatic rings. The fourth-order valence-electron chi connectivity index (χ4n) is 0.254. The first-order chi connectivity index (χ1) is 3.42. The third-order valence-electron chi connectivity index (χ3n) is 0.310. The SMILES string of the molecule is CC(C)=NS(N)(=O)=O. The molecule has 0 saturated carbocycles.